The second kappa shape index (κ2) is 8.62. The maximum atomic E-state index is 11.1. The fourth-order valence-corrected chi connectivity index (χ4v) is 2.41. The van der Waals surface area contributed by atoms with Gasteiger partial charge in [0.15, 0.2) is 0 Å². The van der Waals surface area contributed by atoms with E-state index < -0.39 is 0 Å². The minimum atomic E-state index is -0.321. The Morgan fingerprint density at radius 2 is 2.00 bits per heavy atom. The van der Waals surface area contributed by atoms with Gasteiger partial charge in [0.05, 0.1) is 4.92 Å². The molecule has 0 aliphatic heterocycles. The molecule has 0 aromatic heterocycles. The Bertz CT molecular complexity index is 459. The van der Waals surface area contributed by atoms with Crippen LogP contribution in [0.4, 0.5) is 11.4 Å². The topological polar surface area (TPSA) is 58.4 Å². The molecule has 0 unspecified atom stereocenters. The lowest BCUT2D eigenvalue weighted by molar-refractivity contribution is -0.384. The summed E-state index contributed by atoms with van der Waals surface area (Å²) in [6.45, 7) is 11.5. The van der Waals surface area contributed by atoms with Crippen molar-refractivity contribution in [3.63, 3.8) is 0 Å². The van der Waals surface area contributed by atoms with Crippen molar-refractivity contribution in [2.45, 2.75) is 46.6 Å². The molecule has 5 nitrogen and oxygen atoms in total. The highest BCUT2D eigenvalue weighted by molar-refractivity contribution is 5.62. The Labute approximate surface area is 127 Å². The molecule has 118 valence electrons. The van der Waals surface area contributed by atoms with Crippen LogP contribution in [-0.2, 0) is 0 Å². The van der Waals surface area contributed by atoms with Crippen molar-refractivity contribution in [3.8, 4) is 0 Å². The minimum absolute atomic E-state index is 0.158. The first-order chi connectivity index (χ1) is 9.97. The second-order valence-electron chi connectivity index (χ2n) is 5.49. The van der Waals surface area contributed by atoms with Crippen LogP contribution in [0.5, 0.6) is 0 Å². The smallest absolute Gasteiger partial charge is 0.292 e. The van der Waals surface area contributed by atoms with Crippen molar-refractivity contribution in [2.75, 3.05) is 25.0 Å². The van der Waals surface area contributed by atoms with Gasteiger partial charge in [0, 0.05) is 12.1 Å². The molecule has 1 aromatic carbocycles. The summed E-state index contributed by atoms with van der Waals surface area (Å²) in [6.07, 6.45) is 2.09. The van der Waals surface area contributed by atoms with Crippen LogP contribution in [0.2, 0.25) is 0 Å². The zero-order valence-electron chi connectivity index (χ0n) is 13.6. The van der Waals surface area contributed by atoms with E-state index in [1.54, 1.807) is 12.1 Å². The maximum absolute atomic E-state index is 11.1. The van der Waals surface area contributed by atoms with E-state index in [9.17, 15) is 10.1 Å². The van der Waals surface area contributed by atoms with Crippen LogP contribution in [-0.4, -0.2) is 35.5 Å². The third kappa shape index (κ3) is 5.71. The lowest BCUT2D eigenvalue weighted by Gasteiger charge is -2.20. The standard InChI is InChI=1S/C16H27N3O2/c1-5-18(6-2)11-7-8-14(4)17-15-10-9-13(3)12-16(15)19(20)21/h9-10,12,14,17H,5-8,11H2,1-4H3/t14-/m1/s1. The second-order valence-corrected chi connectivity index (χ2v) is 5.49. The molecule has 1 aromatic rings. The predicted octanol–water partition coefficient (Wildman–Crippen LogP) is 3.83. The minimum Gasteiger partial charge on any atom is -0.377 e. The number of nitro groups is 1. The van der Waals surface area contributed by atoms with Crippen molar-refractivity contribution in [3.05, 3.63) is 33.9 Å². The number of hydrogen-bond donors (Lipinski definition) is 1. The first kappa shape index (κ1) is 17.4. The molecule has 0 bridgehead atoms. The first-order valence-corrected chi connectivity index (χ1v) is 7.71. The highest BCUT2D eigenvalue weighted by atomic mass is 16.6. The Morgan fingerprint density at radius 3 is 2.57 bits per heavy atom. The summed E-state index contributed by atoms with van der Waals surface area (Å²) in [7, 11) is 0. The van der Waals surface area contributed by atoms with Gasteiger partial charge in [-0.3, -0.25) is 10.1 Å². The largest absolute Gasteiger partial charge is 0.377 e. The van der Waals surface area contributed by atoms with Crippen LogP contribution in [0.15, 0.2) is 18.2 Å². The molecule has 1 rings (SSSR count). The van der Waals surface area contributed by atoms with E-state index in [-0.39, 0.29) is 16.7 Å². The number of hydrogen-bond acceptors (Lipinski definition) is 4. The summed E-state index contributed by atoms with van der Waals surface area (Å²) < 4.78 is 0. The third-order valence-electron chi connectivity index (χ3n) is 3.76. The van der Waals surface area contributed by atoms with Crippen LogP contribution in [0, 0.1) is 17.0 Å². The molecule has 0 spiro atoms. The van der Waals surface area contributed by atoms with Gasteiger partial charge in [0.2, 0.25) is 0 Å². The monoisotopic (exact) mass is 293 g/mol. The van der Waals surface area contributed by atoms with Gasteiger partial charge in [-0.15, -0.1) is 0 Å². The molecule has 0 heterocycles. The molecule has 5 heteroatoms. The van der Waals surface area contributed by atoms with E-state index in [1.165, 1.54) is 0 Å². The summed E-state index contributed by atoms with van der Waals surface area (Å²) in [5.41, 5.74) is 1.67. The Kier molecular flexibility index (Phi) is 7.15. The van der Waals surface area contributed by atoms with E-state index in [0.29, 0.717) is 5.69 Å². The van der Waals surface area contributed by atoms with Gasteiger partial charge in [0.25, 0.3) is 5.69 Å². The first-order valence-electron chi connectivity index (χ1n) is 7.71. The van der Waals surface area contributed by atoms with Crippen LogP contribution < -0.4 is 5.32 Å². The number of rotatable bonds is 9. The molecule has 0 aliphatic carbocycles. The number of anilines is 1. The quantitative estimate of drug-likeness (QED) is 0.555. The van der Waals surface area contributed by atoms with Crippen molar-refractivity contribution in [1.29, 1.82) is 0 Å². The van der Waals surface area contributed by atoms with Crippen LogP contribution in [0.25, 0.3) is 0 Å². The summed E-state index contributed by atoms with van der Waals surface area (Å²) in [4.78, 5) is 13.2. The number of aryl methyl sites for hydroxylation is 1. The molecule has 0 saturated heterocycles. The summed E-state index contributed by atoms with van der Waals surface area (Å²) in [5.74, 6) is 0. The average Bonchev–Trinajstić information content (AvgIpc) is 2.45. The summed E-state index contributed by atoms with van der Waals surface area (Å²) in [6, 6.07) is 5.54. The fraction of sp³-hybridized carbons (Fsp3) is 0.625. The van der Waals surface area contributed by atoms with Crippen molar-refractivity contribution in [2.24, 2.45) is 0 Å². The zero-order valence-corrected chi connectivity index (χ0v) is 13.6. The van der Waals surface area contributed by atoms with Crippen LogP contribution in [0.3, 0.4) is 0 Å². The Morgan fingerprint density at radius 1 is 1.33 bits per heavy atom. The number of nitrogens with zero attached hydrogens (tertiary/aromatic N) is 2. The predicted molar refractivity (Wildman–Crippen MR) is 87.9 cm³/mol. The van der Waals surface area contributed by atoms with Gasteiger partial charge in [-0.1, -0.05) is 19.9 Å². The lowest BCUT2D eigenvalue weighted by Crippen LogP contribution is -2.25. The molecule has 1 N–H and O–H groups in total. The summed E-state index contributed by atoms with van der Waals surface area (Å²) in [5, 5.41) is 14.4. The van der Waals surface area contributed by atoms with Crippen LogP contribution >= 0.6 is 0 Å². The molecule has 0 saturated carbocycles. The molecule has 0 amide bonds. The Hall–Kier alpha value is -1.62. The third-order valence-corrected chi connectivity index (χ3v) is 3.76. The van der Waals surface area contributed by atoms with Crippen molar-refractivity contribution >= 4 is 11.4 Å². The molecule has 0 radical (unpaired) electrons. The summed E-state index contributed by atoms with van der Waals surface area (Å²) >= 11 is 0. The maximum Gasteiger partial charge on any atom is 0.292 e. The van der Waals surface area contributed by atoms with Gasteiger partial charge in [0.1, 0.15) is 5.69 Å². The van der Waals surface area contributed by atoms with Crippen molar-refractivity contribution < 1.29 is 4.92 Å². The molecule has 21 heavy (non-hydrogen) atoms. The average molecular weight is 293 g/mol. The van der Waals surface area contributed by atoms with Gasteiger partial charge in [-0.25, -0.2) is 0 Å². The number of benzene rings is 1. The lowest BCUT2D eigenvalue weighted by atomic mass is 10.1. The zero-order chi connectivity index (χ0) is 15.8. The van der Waals surface area contributed by atoms with Crippen molar-refractivity contribution in [1.82, 2.24) is 4.90 Å². The highest BCUT2D eigenvalue weighted by Gasteiger charge is 2.15. The van der Waals surface area contributed by atoms with E-state index in [2.05, 4.69) is 31.0 Å². The van der Waals surface area contributed by atoms with E-state index in [1.807, 2.05) is 13.0 Å². The van der Waals surface area contributed by atoms with Gasteiger partial charge < -0.3 is 10.2 Å². The van der Waals surface area contributed by atoms with Crippen LogP contribution in [0.1, 0.15) is 39.2 Å². The SMILES string of the molecule is CCN(CC)CCC[C@@H](C)Nc1ccc(C)cc1[N+](=O)[O-]. The van der Waals surface area contributed by atoms with E-state index in [0.717, 1.165) is 38.0 Å². The number of nitro benzene ring substituents is 1. The fourth-order valence-electron chi connectivity index (χ4n) is 2.41. The van der Waals surface area contributed by atoms with Gasteiger partial charge in [-0.05, 0) is 58.0 Å². The molecule has 1 atom stereocenters. The molecular formula is C16H27N3O2. The Balaban J connectivity index is 2.55. The highest BCUT2D eigenvalue weighted by Crippen LogP contribution is 2.26. The molecule has 0 aliphatic rings. The van der Waals surface area contributed by atoms with Gasteiger partial charge >= 0.3 is 0 Å². The van der Waals surface area contributed by atoms with E-state index >= 15 is 0 Å². The molecule has 0 fully saturated rings. The normalized spacial score (nSPS) is 12.4. The van der Waals surface area contributed by atoms with Gasteiger partial charge in [-0.2, -0.15) is 0 Å². The number of nitrogens with one attached hydrogen (secondary N) is 1. The molecular weight excluding hydrogens is 266 g/mol. The van der Waals surface area contributed by atoms with E-state index in [4.69, 9.17) is 0 Å².